The molecule has 1 aromatic rings. The summed E-state index contributed by atoms with van der Waals surface area (Å²) in [7, 11) is 0. The first kappa shape index (κ1) is 12.4. The number of hydrogen-bond acceptors (Lipinski definition) is 3. The molecule has 4 nitrogen and oxygen atoms in total. The Morgan fingerprint density at radius 1 is 1.50 bits per heavy atom. The van der Waals surface area contributed by atoms with Gasteiger partial charge in [0.25, 0.3) is 5.91 Å². The van der Waals surface area contributed by atoms with Gasteiger partial charge in [0.05, 0.1) is 5.56 Å². The first-order valence-corrected chi connectivity index (χ1v) is 4.93. The number of anilines is 1. The highest BCUT2D eigenvalue weighted by Crippen LogP contribution is 2.20. The summed E-state index contributed by atoms with van der Waals surface area (Å²) < 4.78 is 13.0. The number of primary amides is 1. The van der Waals surface area contributed by atoms with Gasteiger partial charge in [0.15, 0.2) is 0 Å². The molecule has 0 radical (unpaired) electrons. The number of benzene rings is 1. The van der Waals surface area contributed by atoms with Crippen molar-refractivity contribution in [2.24, 2.45) is 11.5 Å². The first-order valence-electron chi connectivity index (χ1n) is 4.93. The topological polar surface area (TPSA) is 81.1 Å². The molecule has 0 saturated heterocycles. The normalized spacial score (nSPS) is 11.2. The molecule has 0 spiro atoms. The van der Waals surface area contributed by atoms with Crippen molar-refractivity contribution in [1.82, 2.24) is 0 Å². The van der Waals surface area contributed by atoms with Crippen molar-refractivity contribution in [3.8, 4) is 0 Å². The maximum atomic E-state index is 13.0. The molecule has 0 aliphatic heterocycles. The molecule has 0 fully saturated rings. The lowest BCUT2D eigenvalue weighted by atomic mass is 10.0. The quantitative estimate of drug-likeness (QED) is 0.717. The minimum Gasteiger partial charge on any atom is -0.378 e. The summed E-state index contributed by atoms with van der Waals surface area (Å²) in [5.41, 5.74) is 11.0. The zero-order chi connectivity index (χ0) is 12.3. The molecular weight excluding hydrogens is 209 g/mol. The van der Waals surface area contributed by atoms with Crippen LogP contribution >= 0.6 is 0 Å². The Balaban J connectivity index is 3.09. The molecule has 1 amide bonds. The fourth-order valence-electron chi connectivity index (χ4n) is 1.24. The summed E-state index contributed by atoms with van der Waals surface area (Å²) in [6, 6.07) is 3.85. The Hall–Kier alpha value is -1.62. The van der Waals surface area contributed by atoms with E-state index in [0.717, 1.165) is 6.07 Å². The van der Waals surface area contributed by atoms with E-state index in [4.69, 9.17) is 11.5 Å². The third kappa shape index (κ3) is 2.93. The van der Waals surface area contributed by atoms with E-state index in [2.05, 4.69) is 5.32 Å². The van der Waals surface area contributed by atoms with Gasteiger partial charge in [0, 0.05) is 17.8 Å². The molecule has 0 saturated carbocycles. The Morgan fingerprint density at radius 2 is 2.12 bits per heavy atom. The van der Waals surface area contributed by atoms with Gasteiger partial charge in [-0.1, -0.05) is 0 Å². The van der Waals surface area contributed by atoms with Gasteiger partial charge in [-0.15, -0.1) is 0 Å². The van der Waals surface area contributed by atoms with Gasteiger partial charge in [-0.05, 0) is 32.0 Å². The molecule has 0 atom stereocenters. The highest BCUT2D eigenvalue weighted by atomic mass is 19.1. The van der Waals surface area contributed by atoms with E-state index in [1.54, 1.807) is 0 Å². The maximum Gasteiger partial charge on any atom is 0.250 e. The predicted octanol–water partition coefficient (Wildman–Crippen LogP) is 1.07. The minimum atomic E-state index is -0.671. The third-order valence-corrected chi connectivity index (χ3v) is 2.23. The number of nitrogens with one attached hydrogen (secondary N) is 1. The Bertz CT molecular complexity index is 404. The largest absolute Gasteiger partial charge is 0.378 e. The van der Waals surface area contributed by atoms with E-state index in [1.165, 1.54) is 12.1 Å². The van der Waals surface area contributed by atoms with Crippen LogP contribution in [0.1, 0.15) is 24.2 Å². The van der Waals surface area contributed by atoms with E-state index in [9.17, 15) is 9.18 Å². The lowest BCUT2D eigenvalue weighted by Crippen LogP contribution is -2.39. The monoisotopic (exact) mass is 225 g/mol. The molecule has 1 aromatic carbocycles. The highest BCUT2D eigenvalue weighted by molar-refractivity contribution is 5.98. The van der Waals surface area contributed by atoms with Crippen LogP contribution in [0.4, 0.5) is 10.1 Å². The van der Waals surface area contributed by atoms with Gasteiger partial charge in [-0.25, -0.2) is 4.39 Å². The van der Waals surface area contributed by atoms with E-state index < -0.39 is 11.7 Å². The lowest BCUT2D eigenvalue weighted by molar-refractivity contribution is 0.100. The second kappa shape index (κ2) is 4.49. The Kier molecular flexibility index (Phi) is 3.49. The van der Waals surface area contributed by atoms with E-state index >= 15 is 0 Å². The summed E-state index contributed by atoms with van der Waals surface area (Å²) in [6.07, 6.45) is 0. The van der Waals surface area contributed by atoms with Crippen LogP contribution in [-0.4, -0.2) is 18.0 Å². The average molecular weight is 225 g/mol. The molecular formula is C11H16FN3O. The summed E-state index contributed by atoms with van der Waals surface area (Å²) in [5.74, 6) is -1.17. The number of nitrogens with two attached hydrogens (primary N) is 2. The summed E-state index contributed by atoms with van der Waals surface area (Å²) in [5, 5.41) is 3.05. The van der Waals surface area contributed by atoms with Gasteiger partial charge in [-0.3, -0.25) is 4.79 Å². The van der Waals surface area contributed by atoms with Crippen LogP contribution in [0.3, 0.4) is 0 Å². The fraction of sp³-hybridized carbons (Fsp3) is 0.364. The van der Waals surface area contributed by atoms with Crippen LogP contribution in [0.5, 0.6) is 0 Å². The maximum absolute atomic E-state index is 13.0. The fourth-order valence-corrected chi connectivity index (χ4v) is 1.24. The second-order valence-corrected chi connectivity index (χ2v) is 4.27. The highest BCUT2D eigenvalue weighted by Gasteiger charge is 2.18. The van der Waals surface area contributed by atoms with Crippen molar-refractivity contribution >= 4 is 11.6 Å². The van der Waals surface area contributed by atoms with Crippen molar-refractivity contribution in [1.29, 1.82) is 0 Å². The van der Waals surface area contributed by atoms with Gasteiger partial charge in [-0.2, -0.15) is 0 Å². The van der Waals surface area contributed by atoms with Crippen molar-refractivity contribution < 1.29 is 9.18 Å². The molecule has 16 heavy (non-hydrogen) atoms. The van der Waals surface area contributed by atoms with Crippen LogP contribution in [0, 0.1) is 5.82 Å². The average Bonchev–Trinajstić information content (AvgIpc) is 2.20. The third-order valence-electron chi connectivity index (χ3n) is 2.23. The smallest absolute Gasteiger partial charge is 0.250 e. The van der Waals surface area contributed by atoms with Gasteiger partial charge in [0.1, 0.15) is 5.82 Å². The first-order chi connectivity index (χ1) is 7.35. The van der Waals surface area contributed by atoms with E-state index in [-0.39, 0.29) is 11.1 Å². The van der Waals surface area contributed by atoms with Crippen molar-refractivity contribution in [2.45, 2.75) is 19.4 Å². The molecule has 0 heterocycles. The van der Waals surface area contributed by atoms with Crippen LogP contribution in [0.15, 0.2) is 18.2 Å². The number of halogens is 1. The predicted molar refractivity (Wildman–Crippen MR) is 61.7 cm³/mol. The van der Waals surface area contributed by atoms with E-state index in [1.807, 2.05) is 13.8 Å². The van der Waals surface area contributed by atoms with Crippen LogP contribution < -0.4 is 16.8 Å². The Labute approximate surface area is 93.8 Å². The number of carbonyl (C=O) groups is 1. The standard InChI is InChI=1S/C11H16FN3O/c1-11(2,6-13)15-9-4-3-7(12)5-8(9)10(14)16/h3-5,15H,6,13H2,1-2H3,(H2,14,16). The van der Waals surface area contributed by atoms with Gasteiger partial charge >= 0.3 is 0 Å². The van der Waals surface area contributed by atoms with Gasteiger partial charge < -0.3 is 16.8 Å². The second-order valence-electron chi connectivity index (χ2n) is 4.27. The van der Waals surface area contributed by atoms with Crippen molar-refractivity contribution in [2.75, 3.05) is 11.9 Å². The van der Waals surface area contributed by atoms with Crippen molar-refractivity contribution in [3.05, 3.63) is 29.6 Å². The summed E-state index contributed by atoms with van der Waals surface area (Å²) in [6.45, 7) is 4.13. The molecule has 88 valence electrons. The van der Waals surface area contributed by atoms with Crippen LogP contribution in [0.2, 0.25) is 0 Å². The molecule has 0 aliphatic carbocycles. The number of rotatable bonds is 4. The van der Waals surface area contributed by atoms with Gasteiger partial charge in [0.2, 0.25) is 0 Å². The molecule has 0 aromatic heterocycles. The molecule has 0 bridgehead atoms. The van der Waals surface area contributed by atoms with Crippen molar-refractivity contribution in [3.63, 3.8) is 0 Å². The number of amides is 1. The number of hydrogen-bond donors (Lipinski definition) is 3. The molecule has 0 aliphatic rings. The van der Waals surface area contributed by atoms with E-state index in [0.29, 0.717) is 12.2 Å². The van der Waals surface area contributed by atoms with Crippen LogP contribution in [0.25, 0.3) is 0 Å². The summed E-state index contributed by atoms with van der Waals surface area (Å²) in [4.78, 5) is 11.1. The summed E-state index contributed by atoms with van der Waals surface area (Å²) >= 11 is 0. The molecule has 5 N–H and O–H groups in total. The number of carbonyl (C=O) groups excluding carboxylic acids is 1. The zero-order valence-corrected chi connectivity index (χ0v) is 9.38. The molecule has 1 rings (SSSR count). The SMILES string of the molecule is CC(C)(CN)Nc1ccc(F)cc1C(N)=O. The lowest BCUT2D eigenvalue weighted by Gasteiger charge is -2.26. The zero-order valence-electron chi connectivity index (χ0n) is 9.38. The molecule has 5 heteroatoms. The Morgan fingerprint density at radius 3 is 2.62 bits per heavy atom. The molecule has 0 unspecified atom stereocenters. The minimum absolute atomic E-state index is 0.126. The van der Waals surface area contributed by atoms with Crippen LogP contribution in [-0.2, 0) is 0 Å².